The number of aromatic nitrogens is 2. The highest BCUT2D eigenvalue weighted by Gasteiger charge is 2.01. The van der Waals surface area contributed by atoms with E-state index in [0.29, 0.717) is 0 Å². The monoisotopic (exact) mass is 334 g/mol. The summed E-state index contributed by atoms with van der Waals surface area (Å²) in [5, 5.41) is 0. The van der Waals surface area contributed by atoms with Crippen LogP contribution in [0, 0.1) is 0 Å². The predicted octanol–water partition coefficient (Wildman–Crippen LogP) is 7.39. The number of rotatable bonds is 17. The highest BCUT2D eigenvalue weighted by molar-refractivity contribution is 5.01. The number of hydrogen-bond acceptors (Lipinski definition) is 1. The molecular weight excluding hydrogens is 292 g/mol. The van der Waals surface area contributed by atoms with Crippen LogP contribution in [-0.4, -0.2) is 9.97 Å². The summed E-state index contributed by atoms with van der Waals surface area (Å²) in [5.41, 5.74) is 1.34. The summed E-state index contributed by atoms with van der Waals surface area (Å²) in [4.78, 5) is 8.04. The average Bonchev–Trinajstić information content (AvgIpc) is 3.04. The third-order valence-electron chi connectivity index (χ3n) is 5.00. The van der Waals surface area contributed by atoms with Crippen molar-refractivity contribution >= 4 is 0 Å². The van der Waals surface area contributed by atoms with E-state index < -0.39 is 0 Å². The smallest absolute Gasteiger partial charge is 0.106 e. The SMILES string of the molecule is CCCCCCCCCCCCCc1cnc(CCCCCC)[nH]1. The number of aryl methyl sites for hydroxylation is 2. The van der Waals surface area contributed by atoms with Gasteiger partial charge in [0.2, 0.25) is 0 Å². The van der Waals surface area contributed by atoms with Crippen molar-refractivity contribution in [1.82, 2.24) is 9.97 Å². The number of H-pyrrole nitrogens is 1. The second kappa shape index (κ2) is 15.7. The molecule has 0 aliphatic carbocycles. The Balaban J connectivity index is 1.90. The van der Waals surface area contributed by atoms with E-state index in [4.69, 9.17) is 0 Å². The largest absolute Gasteiger partial charge is 0.346 e. The standard InChI is InChI=1S/C22H42N2/c1-3-5-7-9-10-11-12-13-14-15-16-18-21-20-23-22(24-21)19-17-8-6-4-2/h20H,3-19H2,1-2H3,(H,23,24). The van der Waals surface area contributed by atoms with Crippen molar-refractivity contribution in [3.05, 3.63) is 17.7 Å². The quantitative estimate of drug-likeness (QED) is 0.296. The van der Waals surface area contributed by atoms with Gasteiger partial charge < -0.3 is 4.98 Å². The van der Waals surface area contributed by atoms with Gasteiger partial charge in [0, 0.05) is 18.3 Å². The minimum atomic E-state index is 1.12. The lowest BCUT2D eigenvalue weighted by molar-refractivity contribution is 0.549. The van der Waals surface area contributed by atoms with Gasteiger partial charge in [-0.1, -0.05) is 97.3 Å². The Hall–Kier alpha value is -0.790. The third-order valence-corrected chi connectivity index (χ3v) is 5.00. The van der Waals surface area contributed by atoms with Gasteiger partial charge in [-0.2, -0.15) is 0 Å². The molecule has 0 aliphatic rings. The van der Waals surface area contributed by atoms with Crippen LogP contribution in [0.1, 0.15) is 122 Å². The second-order valence-corrected chi connectivity index (χ2v) is 7.45. The maximum atomic E-state index is 4.53. The molecule has 1 aromatic heterocycles. The normalized spacial score (nSPS) is 11.2. The van der Waals surface area contributed by atoms with E-state index in [0.717, 1.165) is 6.42 Å². The fraction of sp³-hybridized carbons (Fsp3) is 0.864. The van der Waals surface area contributed by atoms with Crippen LogP contribution in [0.5, 0.6) is 0 Å². The van der Waals surface area contributed by atoms with Gasteiger partial charge in [0.05, 0.1) is 0 Å². The number of aromatic amines is 1. The van der Waals surface area contributed by atoms with E-state index in [1.807, 2.05) is 0 Å². The first-order chi connectivity index (χ1) is 11.9. The van der Waals surface area contributed by atoms with Gasteiger partial charge in [0.1, 0.15) is 5.82 Å². The molecule has 0 fully saturated rings. The molecule has 1 rings (SSSR count). The van der Waals surface area contributed by atoms with Crippen LogP contribution in [0.25, 0.3) is 0 Å². The van der Waals surface area contributed by atoms with Crippen molar-refractivity contribution in [2.24, 2.45) is 0 Å². The lowest BCUT2D eigenvalue weighted by atomic mass is 10.0. The molecular formula is C22H42N2. The fourth-order valence-electron chi connectivity index (χ4n) is 3.36. The molecule has 0 spiro atoms. The van der Waals surface area contributed by atoms with Crippen molar-refractivity contribution in [3.63, 3.8) is 0 Å². The zero-order chi connectivity index (χ0) is 17.3. The summed E-state index contributed by atoms with van der Waals surface area (Å²) in [6.07, 6.45) is 25.2. The van der Waals surface area contributed by atoms with Crippen molar-refractivity contribution in [2.75, 3.05) is 0 Å². The molecule has 24 heavy (non-hydrogen) atoms. The number of imidazole rings is 1. The first kappa shape index (κ1) is 21.3. The molecule has 0 unspecified atom stereocenters. The van der Waals surface area contributed by atoms with Crippen molar-refractivity contribution in [3.8, 4) is 0 Å². The fourth-order valence-corrected chi connectivity index (χ4v) is 3.36. The zero-order valence-electron chi connectivity index (χ0n) is 16.5. The minimum Gasteiger partial charge on any atom is -0.346 e. The van der Waals surface area contributed by atoms with Crippen LogP contribution in [0.2, 0.25) is 0 Å². The molecule has 1 heterocycles. The van der Waals surface area contributed by atoms with Gasteiger partial charge in [-0.25, -0.2) is 4.98 Å². The summed E-state index contributed by atoms with van der Waals surface area (Å²) < 4.78 is 0. The summed E-state index contributed by atoms with van der Waals surface area (Å²) in [6.45, 7) is 4.55. The zero-order valence-corrected chi connectivity index (χ0v) is 16.5. The number of nitrogens with one attached hydrogen (secondary N) is 1. The van der Waals surface area contributed by atoms with Gasteiger partial charge in [0.15, 0.2) is 0 Å². The minimum absolute atomic E-state index is 1.12. The molecule has 1 N–H and O–H groups in total. The molecule has 0 bridgehead atoms. The highest BCUT2D eigenvalue weighted by Crippen LogP contribution is 2.13. The predicted molar refractivity (Wildman–Crippen MR) is 107 cm³/mol. The Morgan fingerprint density at radius 2 is 1.08 bits per heavy atom. The van der Waals surface area contributed by atoms with E-state index in [9.17, 15) is 0 Å². The molecule has 0 aliphatic heterocycles. The number of hydrogen-bond donors (Lipinski definition) is 1. The van der Waals surface area contributed by atoms with Crippen LogP contribution in [0.15, 0.2) is 6.20 Å². The Morgan fingerprint density at radius 3 is 1.67 bits per heavy atom. The van der Waals surface area contributed by atoms with Crippen LogP contribution >= 0.6 is 0 Å². The summed E-state index contributed by atoms with van der Waals surface area (Å²) in [7, 11) is 0. The molecule has 0 amide bonds. The van der Waals surface area contributed by atoms with E-state index in [-0.39, 0.29) is 0 Å². The summed E-state index contributed by atoms with van der Waals surface area (Å²) in [6, 6.07) is 0. The van der Waals surface area contributed by atoms with Gasteiger partial charge in [-0.3, -0.25) is 0 Å². The number of nitrogens with zero attached hydrogens (tertiary/aromatic N) is 1. The lowest BCUT2D eigenvalue weighted by Crippen LogP contribution is -1.90. The van der Waals surface area contributed by atoms with E-state index >= 15 is 0 Å². The first-order valence-corrected chi connectivity index (χ1v) is 10.9. The molecule has 2 nitrogen and oxygen atoms in total. The van der Waals surface area contributed by atoms with Crippen molar-refractivity contribution in [2.45, 2.75) is 123 Å². The van der Waals surface area contributed by atoms with E-state index in [2.05, 4.69) is 30.0 Å². The van der Waals surface area contributed by atoms with E-state index in [1.165, 1.54) is 114 Å². The van der Waals surface area contributed by atoms with Crippen molar-refractivity contribution < 1.29 is 0 Å². The first-order valence-electron chi connectivity index (χ1n) is 10.9. The molecule has 0 saturated carbocycles. The molecule has 2 heteroatoms. The molecule has 140 valence electrons. The summed E-state index contributed by atoms with van der Waals surface area (Å²) >= 11 is 0. The maximum absolute atomic E-state index is 4.53. The Morgan fingerprint density at radius 1 is 0.625 bits per heavy atom. The summed E-state index contributed by atoms with van der Waals surface area (Å²) in [5.74, 6) is 1.20. The molecule has 0 aromatic carbocycles. The number of unbranched alkanes of at least 4 members (excludes halogenated alkanes) is 13. The molecule has 0 atom stereocenters. The van der Waals surface area contributed by atoms with Crippen LogP contribution in [0.3, 0.4) is 0 Å². The molecule has 0 saturated heterocycles. The van der Waals surface area contributed by atoms with Gasteiger partial charge in [-0.15, -0.1) is 0 Å². The topological polar surface area (TPSA) is 28.7 Å². The van der Waals surface area contributed by atoms with Gasteiger partial charge >= 0.3 is 0 Å². The third kappa shape index (κ3) is 11.7. The Bertz CT molecular complexity index is 370. The van der Waals surface area contributed by atoms with Gasteiger partial charge in [-0.05, 0) is 19.3 Å². The second-order valence-electron chi connectivity index (χ2n) is 7.45. The van der Waals surface area contributed by atoms with E-state index in [1.54, 1.807) is 0 Å². The molecule has 0 radical (unpaired) electrons. The highest BCUT2D eigenvalue weighted by atomic mass is 14.9. The molecule has 1 aromatic rings. The van der Waals surface area contributed by atoms with Gasteiger partial charge in [0.25, 0.3) is 0 Å². The lowest BCUT2D eigenvalue weighted by Gasteiger charge is -2.02. The average molecular weight is 335 g/mol. The maximum Gasteiger partial charge on any atom is 0.106 e. The van der Waals surface area contributed by atoms with Crippen LogP contribution < -0.4 is 0 Å². The van der Waals surface area contributed by atoms with Crippen LogP contribution in [0.4, 0.5) is 0 Å². The Kier molecular flexibility index (Phi) is 13.9. The van der Waals surface area contributed by atoms with Crippen LogP contribution in [-0.2, 0) is 12.8 Å². The van der Waals surface area contributed by atoms with Crippen molar-refractivity contribution in [1.29, 1.82) is 0 Å². The Labute approximate surface area is 151 Å².